The third kappa shape index (κ3) is 3.48. The van der Waals surface area contributed by atoms with Crippen molar-refractivity contribution in [3.05, 3.63) is 42.5 Å². The van der Waals surface area contributed by atoms with Crippen LogP contribution in [0.4, 0.5) is 0 Å². The van der Waals surface area contributed by atoms with Crippen molar-refractivity contribution in [2.75, 3.05) is 13.2 Å². The molecule has 1 aromatic carbocycles. The Labute approximate surface area is 84.8 Å². The van der Waals surface area contributed by atoms with Gasteiger partial charge in [0.25, 0.3) is 0 Å². The highest BCUT2D eigenvalue weighted by atomic mass is 16.6. The highest BCUT2D eigenvalue weighted by Crippen LogP contribution is 2.10. The van der Waals surface area contributed by atoms with Crippen LogP contribution in [0.2, 0.25) is 0 Å². The summed E-state index contributed by atoms with van der Waals surface area (Å²) in [6.45, 7) is 3.47. The van der Waals surface area contributed by atoms with Crippen LogP contribution in [0.3, 0.4) is 0 Å². The second-order valence-electron chi connectivity index (χ2n) is 3.48. The molecular formula is C12H15O2. The van der Waals surface area contributed by atoms with Gasteiger partial charge in [-0.15, -0.1) is 0 Å². The predicted octanol–water partition coefficient (Wildman–Crippen LogP) is 2.20. The zero-order chi connectivity index (χ0) is 9.64. The second kappa shape index (κ2) is 5.13. The van der Waals surface area contributed by atoms with Crippen molar-refractivity contribution >= 4 is 0 Å². The minimum atomic E-state index is 0.364. The summed E-state index contributed by atoms with van der Waals surface area (Å²) in [5.74, 6) is 0. The van der Waals surface area contributed by atoms with Gasteiger partial charge in [0.1, 0.15) is 6.10 Å². The summed E-state index contributed by atoms with van der Waals surface area (Å²) in [4.78, 5) is 0. The zero-order valence-corrected chi connectivity index (χ0v) is 8.19. The molecule has 1 radical (unpaired) electrons. The van der Waals surface area contributed by atoms with E-state index < -0.39 is 0 Å². The summed E-state index contributed by atoms with van der Waals surface area (Å²) in [7, 11) is 0. The molecule has 1 aromatic rings. The van der Waals surface area contributed by atoms with Crippen LogP contribution in [0.5, 0.6) is 0 Å². The van der Waals surface area contributed by atoms with Crippen LogP contribution in [0, 0.1) is 6.61 Å². The van der Waals surface area contributed by atoms with Crippen LogP contribution in [-0.4, -0.2) is 19.3 Å². The molecule has 0 bridgehead atoms. The first kappa shape index (κ1) is 9.69. The minimum Gasteiger partial charge on any atom is -0.373 e. The van der Waals surface area contributed by atoms with E-state index in [0.717, 1.165) is 26.1 Å². The number of hydrogen-bond donors (Lipinski definition) is 0. The summed E-state index contributed by atoms with van der Waals surface area (Å²) in [5, 5.41) is 0. The molecule has 0 spiro atoms. The monoisotopic (exact) mass is 191 g/mol. The summed E-state index contributed by atoms with van der Waals surface area (Å²) in [6, 6.07) is 10.4. The first-order chi connectivity index (χ1) is 6.95. The first-order valence-electron chi connectivity index (χ1n) is 5.04. The van der Waals surface area contributed by atoms with Gasteiger partial charge in [0.15, 0.2) is 0 Å². The smallest absolute Gasteiger partial charge is 0.104 e. The highest BCUT2D eigenvalue weighted by Gasteiger charge is 2.21. The Balaban J connectivity index is 1.54. The topological polar surface area (TPSA) is 21.8 Å². The van der Waals surface area contributed by atoms with Gasteiger partial charge >= 0.3 is 0 Å². The zero-order valence-electron chi connectivity index (χ0n) is 8.19. The van der Waals surface area contributed by atoms with Gasteiger partial charge in [-0.05, 0) is 18.4 Å². The Morgan fingerprint density at radius 1 is 1.36 bits per heavy atom. The fraction of sp³-hybridized carbons (Fsp3) is 0.417. The number of aryl methyl sites for hydroxylation is 1. The summed E-state index contributed by atoms with van der Waals surface area (Å²) in [6.07, 6.45) is 2.38. The van der Waals surface area contributed by atoms with E-state index in [2.05, 4.69) is 24.3 Å². The third-order valence-corrected chi connectivity index (χ3v) is 2.20. The van der Waals surface area contributed by atoms with E-state index in [-0.39, 0.29) is 0 Å². The molecular weight excluding hydrogens is 176 g/mol. The van der Waals surface area contributed by atoms with E-state index in [1.807, 2.05) is 12.7 Å². The Morgan fingerprint density at radius 3 is 2.86 bits per heavy atom. The molecule has 0 aromatic heterocycles. The Morgan fingerprint density at radius 2 is 2.14 bits per heavy atom. The molecule has 2 heteroatoms. The molecule has 75 valence electrons. The van der Waals surface area contributed by atoms with Crippen molar-refractivity contribution in [3.8, 4) is 0 Å². The van der Waals surface area contributed by atoms with Crippen LogP contribution in [0.15, 0.2) is 30.3 Å². The molecule has 0 amide bonds. The SMILES string of the molecule is [CH](CCc1ccccc1)OCC1CO1. The number of epoxide rings is 1. The van der Waals surface area contributed by atoms with Crippen LogP contribution in [-0.2, 0) is 15.9 Å². The molecule has 1 saturated heterocycles. The van der Waals surface area contributed by atoms with Crippen molar-refractivity contribution in [2.45, 2.75) is 18.9 Å². The van der Waals surface area contributed by atoms with Crippen molar-refractivity contribution in [2.24, 2.45) is 0 Å². The van der Waals surface area contributed by atoms with Crippen molar-refractivity contribution in [1.29, 1.82) is 0 Å². The molecule has 14 heavy (non-hydrogen) atoms. The highest BCUT2D eigenvalue weighted by molar-refractivity contribution is 5.14. The quantitative estimate of drug-likeness (QED) is 0.508. The van der Waals surface area contributed by atoms with Crippen LogP contribution >= 0.6 is 0 Å². The van der Waals surface area contributed by atoms with Gasteiger partial charge < -0.3 is 9.47 Å². The molecule has 1 atom stereocenters. The Hall–Kier alpha value is -0.860. The van der Waals surface area contributed by atoms with Crippen LogP contribution < -0.4 is 0 Å². The van der Waals surface area contributed by atoms with Crippen molar-refractivity contribution < 1.29 is 9.47 Å². The fourth-order valence-electron chi connectivity index (χ4n) is 1.29. The van der Waals surface area contributed by atoms with Gasteiger partial charge in [-0.3, -0.25) is 0 Å². The van der Waals surface area contributed by atoms with Gasteiger partial charge in [-0.1, -0.05) is 30.3 Å². The van der Waals surface area contributed by atoms with Gasteiger partial charge in [-0.25, -0.2) is 0 Å². The number of ether oxygens (including phenoxy) is 2. The lowest BCUT2D eigenvalue weighted by Gasteiger charge is -2.01. The maximum Gasteiger partial charge on any atom is 0.104 e. The largest absolute Gasteiger partial charge is 0.373 e. The molecule has 2 nitrogen and oxygen atoms in total. The average molecular weight is 191 g/mol. The maximum atomic E-state index is 5.33. The normalized spacial score (nSPS) is 19.6. The van der Waals surface area contributed by atoms with Gasteiger partial charge in [0.05, 0.1) is 19.8 Å². The molecule has 1 fully saturated rings. The summed E-state index contributed by atoms with van der Waals surface area (Å²) >= 11 is 0. The summed E-state index contributed by atoms with van der Waals surface area (Å²) < 4.78 is 10.4. The van der Waals surface area contributed by atoms with E-state index in [4.69, 9.17) is 9.47 Å². The van der Waals surface area contributed by atoms with E-state index in [1.54, 1.807) is 0 Å². The minimum absolute atomic E-state index is 0.364. The lowest BCUT2D eigenvalue weighted by molar-refractivity contribution is 0.166. The van der Waals surface area contributed by atoms with Crippen molar-refractivity contribution in [1.82, 2.24) is 0 Å². The lowest BCUT2D eigenvalue weighted by atomic mass is 10.1. The van der Waals surface area contributed by atoms with Crippen LogP contribution in [0.1, 0.15) is 12.0 Å². The molecule has 1 aliphatic rings. The van der Waals surface area contributed by atoms with Crippen molar-refractivity contribution in [3.63, 3.8) is 0 Å². The fourth-order valence-corrected chi connectivity index (χ4v) is 1.29. The molecule has 1 unspecified atom stereocenters. The third-order valence-electron chi connectivity index (χ3n) is 2.20. The Bertz CT molecular complexity index is 254. The molecule has 0 aliphatic carbocycles. The number of benzene rings is 1. The molecule has 1 heterocycles. The first-order valence-corrected chi connectivity index (χ1v) is 5.04. The standard InChI is InChI=1S/C12H15O2/c1-2-5-11(6-3-1)7-4-8-13-9-12-10-14-12/h1-3,5-6,8,12H,4,7,9-10H2. The molecule has 2 rings (SSSR count). The van der Waals surface area contributed by atoms with E-state index in [1.165, 1.54) is 5.56 Å². The molecule has 1 aliphatic heterocycles. The second-order valence-corrected chi connectivity index (χ2v) is 3.48. The Kier molecular flexibility index (Phi) is 3.55. The van der Waals surface area contributed by atoms with E-state index in [9.17, 15) is 0 Å². The lowest BCUT2D eigenvalue weighted by Crippen LogP contribution is -1.99. The number of hydrogen-bond acceptors (Lipinski definition) is 2. The van der Waals surface area contributed by atoms with Gasteiger partial charge in [-0.2, -0.15) is 0 Å². The van der Waals surface area contributed by atoms with Crippen LogP contribution in [0.25, 0.3) is 0 Å². The summed E-state index contributed by atoms with van der Waals surface area (Å²) in [5.41, 5.74) is 1.36. The van der Waals surface area contributed by atoms with E-state index in [0.29, 0.717) is 6.10 Å². The van der Waals surface area contributed by atoms with Gasteiger partial charge in [0, 0.05) is 0 Å². The maximum absolute atomic E-state index is 5.33. The predicted molar refractivity (Wildman–Crippen MR) is 54.8 cm³/mol. The average Bonchev–Trinajstić information content (AvgIpc) is 3.03. The van der Waals surface area contributed by atoms with E-state index >= 15 is 0 Å². The molecule has 0 saturated carbocycles. The number of rotatable bonds is 6. The van der Waals surface area contributed by atoms with Gasteiger partial charge in [0.2, 0.25) is 0 Å². The molecule has 0 N–H and O–H groups in total.